The van der Waals surface area contributed by atoms with E-state index in [1.54, 1.807) is 30.5 Å². The highest BCUT2D eigenvalue weighted by Gasteiger charge is 2.08. The van der Waals surface area contributed by atoms with Gasteiger partial charge in [0, 0.05) is 5.39 Å². The third-order valence-corrected chi connectivity index (χ3v) is 2.84. The van der Waals surface area contributed by atoms with Crippen molar-refractivity contribution in [1.82, 2.24) is 4.98 Å². The van der Waals surface area contributed by atoms with Crippen LogP contribution in [-0.2, 0) is 0 Å². The van der Waals surface area contributed by atoms with Gasteiger partial charge in [-0.1, -0.05) is 24.3 Å². The first-order chi connectivity index (χ1) is 10.2. The van der Waals surface area contributed by atoms with Crippen molar-refractivity contribution in [1.29, 1.82) is 0 Å². The normalized spacial score (nSPS) is 10.3. The molecule has 0 radical (unpaired) electrons. The fourth-order valence-electron chi connectivity index (χ4n) is 1.97. The lowest BCUT2D eigenvalue weighted by atomic mass is 10.2. The maximum absolute atomic E-state index is 10.7. The van der Waals surface area contributed by atoms with Gasteiger partial charge in [0.25, 0.3) is 0 Å². The monoisotopic (exact) mass is 281 g/mol. The second-order valence-corrected chi connectivity index (χ2v) is 4.28. The summed E-state index contributed by atoms with van der Waals surface area (Å²) in [6, 6.07) is 16.0. The highest BCUT2D eigenvalue weighted by Crippen LogP contribution is 2.29. The van der Waals surface area contributed by atoms with Crippen LogP contribution in [0.4, 0.5) is 4.79 Å². The van der Waals surface area contributed by atoms with Crippen LogP contribution in [0.25, 0.3) is 10.9 Å². The van der Waals surface area contributed by atoms with Crippen molar-refractivity contribution in [2.24, 2.45) is 0 Å². The minimum Gasteiger partial charge on any atom is -0.456 e. The maximum Gasteiger partial charge on any atom is 0.511 e. The number of nitrogens with zero attached hydrogens (tertiary/aromatic N) is 1. The number of para-hydroxylation sites is 1. The van der Waals surface area contributed by atoms with Crippen molar-refractivity contribution in [2.45, 2.75) is 0 Å². The standard InChI is InChI=1S/C16H11NO4/c18-16(19)21-15-8-4-7-14-13(15)9-12(10-17-14)20-11-5-2-1-3-6-11/h1-10H,(H,18,19). The summed E-state index contributed by atoms with van der Waals surface area (Å²) in [6.07, 6.45) is 0.219. The van der Waals surface area contributed by atoms with Crippen LogP contribution in [0, 0.1) is 0 Å². The number of hydrogen-bond acceptors (Lipinski definition) is 4. The van der Waals surface area contributed by atoms with E-state index in [2.05, 4.69) is 4.98 Å². The third-order valence-electron chi connectivity index (χ3n) is 2.84. The summed E-state index contributed by atoms with van der Waals surface area (Å²) in [7, 11) is 0. The van der Waals surface area contributed by atoms with Gasteiger partial charge in [0.2, 0.25) is 0 Å². The molecule has 0 fully saturated rings. The van der Waals surface area contributed by atoms with Gasteiger partial charge in [-0.15, -0.1) is 0 Å². The van der Waals surface area contributed by atoms with Gasteiger partial charge >= 0.3 is 6.16 Å². The highest BCUT2D eigenvalue weighted by molar-refractivity contribution is 5.87. The molecule has 1 heterocycles. The second-order valence-electron chi connectivity index (χ2n) is 4.28. The van der Waals surface area contributed by atoms with Crippen LogP contribution >= 0.6 is 0 Å². The molecule has 0 saturated carbocycles. The van der Waals surface area contributed by atoms with Crippen LogP contribution in [0.2, 0.25) is 0 Å². The number of hydrogen-bond donors (Lipinski definition) is 1. The zero-order valence-corrected chi connectivity index (χ0v) is 10.9. The molecule has 0 unspecified atom stereocenters. The molecule has 5 nitrogen and oxygen atoms in total. The largest absolute Gasteiger partial charge is 0.511 e. The third kappa shape index (κ3) is 2.92. The van der Waals surface area contributed by atoms with Crippen LogP contribution in [0.5, 0.6) is 17.2 Å². The van der Waals surface area contributed by atoms with Crippen molar-refractivity contribution in [2.75, 3.05) is 0 Å². The SMILES string of the molecule is O=C(O)Oc1cccc2ncc(Oc3ccccc3)cc12. The molecule has 0 spiro atoms. The first kappa shape index (κ1) is 12.9. The van der Waals surface area contributed by atoms with Crippen molar-refractivity contribution in [3.8, 4) is 17.2 Å². The predicted molar refractivity (Wildman–Crippen MR) is 76.9 cm³/mol. The van der Waals surface area contributed by atoms with Crippen molar-refractivity contribution in [3.05, 3.63) is 60.8 Å². The number of rotatable bonds is 3. The number of fused-ring (bicyclic) bond motifs is 1. The van der Waals surface area contributed by atoms with E-state index in [9.17, 15) is 4.79 Å². The van der Waals surface area contributed by atoms with E-state index in [4.69, 9.17) is 14.6 Å². The molecular formula is C16H11NO4. The molecule has 104 valence electrons. The zero-order valence-electron chi connectivity index (χ0n) is 10.9. The first-order valence-electron chi connectivity index (χ1n) is 6.25. The molecule has 0 aliphatic heterocycles. The Hall–Kier alpha value is -3.08. The Morgan fingerprint density at radius 1 is 1.00 bits per heavy atom. The van der Waals surface area contributed by atoms with Gasteiger partial charge in [-0.2, -0.15) is 0 Å². The highest BCUT2D eigenvalue weighted by atomic mass is 16.7. The molecule has 1 aromatic heterocycles. The van der Waals surface area contributed by atoms with Gasteiger partial charge in [-0.25, -0.2) is 4.79 Å². The van der Waals surface area contributed by atoms with E-state index in [-0.39, 0.29) is 5.75 Å². The lowest BCUT2D eigenvalue weighted by Gasteiger charge is -2.08. The summed E-state index contributed by atoms with van der Waals surface area (Å²) >= 11 is 0. The zero-order chi connectivity index (χ0) is 14.7. The number of carboxylic acid groups (broad SMARTS) is 1. The van der Waals surface area contributed by atoms with Gasteiger partial charge in [-0.3, -0.25) is 4.98 Å². The molecule has 0 aliphatic rings. The summed E-state index contributed by atoms with van der Waals surface area (Å²) in [5.41, 5.74) is 0.633. The minimum absolute atomic E-state index is 0.228. The fourth-order valence-corrected chi connectivity index (χ4v) is 1.97. The Kier molecular flexibility index (Phi) is 3.39. The number of benzene rings is 2. The van der Waals surface area contributed by atoms with E-state index >= 15 is 0 Å². The molecule has 5 heteroatoms. The van der Waals surface area contributed by atoms with E-state index in [1.807, 2.05) is 30.3 Å². The number of carbonyl (C=O) groups is 1. The quantitative estimate of drug-likeness (QED) is 0.578. The van der Waals surface area contributed by atoms with Gasteiger partial charge < -0.3 is 14.6 Å². The van der Waals surface area contributed by atoms with Crippen LogP contribution in [0.15, 0.2) is 60.8 Å². The van der Waals surface area contributed by atoms with E-state index in [0.29, 0.717) is 22.4 Å². The van der Waals surface area contributed by atoms with Crippen molar-refractivity contribution < 1.29 is 19.4 Å². The van der Waals surface area contributed by atoms with Crippen LogP contribution in [0.3, 0.4) is 0 Å². The lowest BCUT2D eigenvalue weighted by Crippen LogP contribution is -2.03. The molecule has 0 amide bonds. The Bertz CT molecular complexity index is 787. The van der Waals surface area contributed by atoms with E-state index in [1.165, 1.54) is 0 Å². The maximum atomic E-state index is 10.7. The van der Waals surface area contributed by atoms with Gasteiger partial charge in [0.15, 0.2) is 0 Å². The molecule has 0 bridgehead atoms. The molecular weight excluding hydrogens is 270 g/mol. The van der Waals surface area contributed by atoms with E-state index in [0.717, 1.165) is 0 Å². The average Bonchev–Trinajstić information content (AvgIpc) is 2.48. The Morgan fingerprint density at radius 2 is 1.81 bits per heavy atom. The predicted octanol–water partition coefficient (Wildman–Crippen LogP) is 4.08. The summed E-state index contributed by atoms with van der Waals surface area (Å²) in [5.74, 6) is 1.41. The van der Waals surface area contributed by atoms with Crippen molar-refractivity contribution in [3.63, 3.8) is 0 Å². The first-order valence-corrected chi connectivity index (χ1v) is 6.25. The Balaban J connectivity index is 2.00. The van der Waals surface area contributed by atoms with Gasteiger partial charge in [-0.05, 0) is 30.3 Å². The smallest absolute Gasteiger partial charge is 0.456 e. The minimum atomic E-state index is -1.36. The lowest BCUT2D eigenvalue weighted by molar-refractivity contribution is 0.145. The summed E-state index contributed by atoms with van der Waals surface area (Å²) in [4.78, 5) is 15.0. The van der Waals surface area contributed by atoms with Crippen molar-refractivity contribution >= 4 is 17.1 Å². The number of ether oxygens (including phenoxy) is 2. The molecule has 2 aromatic carbocycles. The average molecular weight is 281 g/mol. The van der Waals surface area contributed by atoms with Crippen LogP contribution < -0.4 is 9.47 Å². The fraction of sp³-hybridized carbons (Fsp3) is 0. The summed E-state index contributed by atoms with van der Waals surface area (Å²) in [5, 5.41) is 9.33. The number of aromatic nitrogens is 1. The Labute approximate surface area is 120 Å². The number of pyridine rings is 1. The summed E-state index contributed by atoms with van der Waals surface area (Å²) in [6.45, 7) is 0. The Morgan fingerprint density at radius 3 is 2.57 bits per heavy atom. The van der Waals surface area contributed by atoms with Crippen LogP contribution in [0.1, 0.15) is 0 Å². The molecule has 1 N–H and O–H groups in total. The molecule has 0 saturated heterocycles. The second kappa shape index (κ2) is 5.50. The molecule has 0 atom stereocenters. The topological polar surface area (TPSA) is 68.7 Å². The molecule has 3 aromatic rings. The molecule has 3 rings (SSSR count). The summed E-state index contributed by atoms with van der Waals surface area (Å²) < 4.78 is 10.4. The van der Waals surface area contributed by atoms with E-state index < -0.39 is 6.16 Å². The van der Waals surface area contributed by atoms with Crippen LogP contribution in [-0.4, -0.2) is 16.2 Å². The molecule has 21 heavy (non-hydrogen) atoms. The van der Waals surface area contributed by atoms with Gasteiger partial charge in [0.05, 0.1) is 11.7 Å². The van der Waals surface area contributed by atoms with Gasteiger partial charge in [0.1, 0.15) is 17.2 Å². The molecule has 0 aliphatic carbocycles.